The molecule has 3 N–H and O–H groups in total. The largest absolute Gasteiger partial charge is 0.493 e. The average molecular weight is 269 g/mol. The predicted octanol–water partition coefficient (Wildman–Crippen LogP) is 1.78. The lowest BCUT2D eigenvalue weighted by atomic mass is 10.1. The lowest BCUT2D eigenvalue weighted by Gasteiger charge is -2.06. The molecule has 1 amide bonds. The number of ether oxygens (including phenoxy) is 1. The summed E-state index contributed by atoms with van der Waals surface area (Å²) in [5.41, 5.74) is 8.26. The van der Waals surface area contributed by atoms with Gasteiger partial charge in [-0.1, -0.05) is 12.1 Å². The molecule has 0 spiro atoms. The van der Waals surface area contributed by atoms with Gasteiger partial charge in [-0.15, -0.1) is 0 Å². The summed E-state index contributed by atoms with van der Waals surface area (Å²) in [5.74, 6) is 1.34. The monoisotopic (exact) mass is 269 g/mol. The first kappa shape index (κ1) is 12.5. The van der Waals surface area contributed by atoms with E-state index >= 15 is 0 Å². The summed E-state index contributed by atoms with van der Waals surface area (Å²) in [7, 11) is 0. The fourth-order valence-corrected chi connectivity index (χ4v) is 2.20. The van der Waals surface area contributed by atoms with Crippen LogP contribution in [0.3, 0.4) is 0 Å². The minimum absolute atomic E-state index is 0.0962. The van der Waals surface area contributed by atoms with Crippen molar-refractivity contribution in [3.63, 3.8) is 0 Å². The summed E-state index contributed by atoms with van der Waals surface area (Å²) in [6.07, 6.45) is 2.74. The molecule has 0 saturated heterocycles. The van der Waals surface area contributed by atoms with Gasteiger partial charge >= 0.3 is 0 Å². The van der Waals surface area contributed by atoms with Crippen LogP contribution >= 0.6 is 0 Å². The Morgan fingerprint density at radius 2 is 2.25 bits per heavy atom. The molecule has 20 heavy (non-hydrogen) atoms. The summed E-state index contributed by atoms with van der Waals surface area (Å²) in [6, 6.07) is 9.25. The third kappa shape index (κ3) is 2.71. The van der Waals surface area contributed by atoms with E-state index in [2.05, 4.69) is 10.3 Å². The molecule has 0 aliphatic carbocycles. The number of nitrogens with zero attached hydrogens (tertiary/aromatic N) is 1. The highest BCUT2D eigenvalue weighted by atomic mass is 16.5. The van der Waals surface area contributed by atoms with Crippen LogP contribution in [0, 0.1) is 0 Å². The first-order valence-electron chi connectivity index (χ1n) is 6.47. The third-order valence-corrected chi connectivity index (χ3v) is 3.17. The summed E-state index contributed by atoms with van der Waals surface area (Å²) in [5, 5.41) is 2.75. The minimum Gasteiger partial charge on any atom is -0.493 e. The Hall–Kier alpha value is -2.56. The summed E-state index contributed by atoms with van der Waals surface area (Å²) >= 11 is 0. The Labute approximate surface area is 116 Å². The zero-order valence-electron chi connectivity index (χ0n) is 10.9. The molecule has 5 nitrogen and oxygen atoms in total. The second-order valence-electron chi connectivity index (χ2n) is 4.74. The molecule has 0 atom stereocenters. The van der Waals surface area contributed by atoms with E-state index in [-0.39, 0.29) is 5.91 Å². The van der Waals surface area contributed by atoms with Crippen molar-refractivity contribution in [1.82, 2.24) is 4.98 Å². The summed E-state index contributed by atoms with van der Waals surface area (Å²) in [6.45, 7) is 0.723. The van der Waals surface area contributed by atoms with Crippen molar-refractivity contribution in [2.45, 2.75) is 12.8 Å². The first-order chi connectivity index (χ1) is 9.70. The predicted molar refractivity (Wildman–Crippen MR) is 76.6 cm³/mol. The Kier molecular flexibility index (Phi) is 3.25. The van der Waals surface area contributed by atoms with Gasteiger partial charge in [-0.3, -0.25) is 4.79 Å². The van der Waals surface area contributed by atoms with Crippen LogP contribution in [-0.2, 0) is 17.6 Å². The van der Waals surface area contributed by atoms with Crippen molar-refractivity contribution < 1.29 is 9.53 Å². The number of rotatable bonds is 3. The highest BCUT2D eigenvalue weighted by molar-refractivity contribution is 5.91. The van der Waals surface area contributed by atoms with E-state index in [0.717, 1.165) is 24.3 Å². The molecule has 1 aromatic heterocycles. The fourth-order valence-electron chi connectivity index (χ4n) is 2.20. The van der Waals surface area contributed by atoms with Crippen LogP contribution in [0.2, 0.25) is 0 Å². The van der Waals surface area contributed by atoms with Gasteiger partial charge in [0.15, 0.2) is 0 Å². The summed E-state index contributed by atoms with van der Waals surface area (Å²) < 4.78 is 5.44. The molecule has 1 aliphatic rings. The number of amides is 1. The van der Waals surface area contributed by atoms with Gasteiger partial charge in [-0.25, -0.2) is 4.98 Å². The Morgan fingerprint density at radius 1 is 1.35 bits per heavy atom. The maximum absolute atomic E-state index is 12.0. The van der Waals surface area contributed by atoms with Crippen molar-refractivity contribution in [2.75, 3.05) is 17.7 Å². The Bertz CT molecular complexity index is 638. The molecular formula is C15H15N3O2. The molecule has 1 aromatic carbocycles. The van der Waals surface area contributed by atoms with Gasteiger partial charge in [-0.2, -0.15) is 0 Å². The zero-order chi connectivity index (χ0) is 13.9. The van der Waals surface area contributed by atoms with Crippen LogP contribution in [0.15, 0.2) is 36.5 Å². The molecule has 0 unspecified atom stereocenters. The number of anilines is 2. The molecule has 2 heterocycles. The van der Waals surface area contributed by atoms with Gasteiger partial charge in [0.25, 0.3) is 0 Å². The molecule has 1 aliphatic heterocycles. The van der Waals surface area contributed by atoms with E-state index < -0.39 is 0 Å². The van der Waals surface area contributed by atoms with Crippen molar-refractivity contribution in [2.24, 2.45) is 0 Å². The molecule has 102 valence electrons. The van der Waals surface area contributed by atoms with Crippen molar-refractivity contribution in [3.05, 3.63) is 47.7 Å². The number of hydrogen-bond acceptors (Lipinski definition) is 4. The minimum atomic E-state index is -0.0962. The van der Waals surface area contributed by atoms with Crippen LogP contribution in [0.25, 0.3) is 0 Å². The van der Waals surface area contributed by atoms with Crippen LogP contribution in [0.5, 0.6) is 5.75 Å². The highest BCUT2D eigenvalue weighted by Gasteiger charge is 2.13. The number of fused-ring (bicyclic) bond motifs is 1. The second kappa shape index (κ2) is 5.21. The van der Waals surface area contributed by atoms with Crippen molar-refractivity contribution in [1.29, 1.82) is 0 Å². The Morgan fingerprint density at radius 3 is 3.05 bits per heavy atom. The highest BCUT2D eigenvalue weighted by Crippen LogP contribution is 2.26. The first-order valence-corrected chi connectivity index (χ1v) is 6.47. The van der Waals surface area contributed by atoms with Gasteiger partial charge < -0.3 is 15.8 Å². The molecule has 0 saturated carbocycles. The molecule has 2 aromatic rings. The number of carbonyl (C=O) groups is 1. The molecular weight excluding hydrogens is 254 g/mol. The SMILES string of the molecule is Nc1ccc(NC(=O)Cc2ccc3c(c2)CCO3)nc1. The Balaban J connectivity index is 1.65. The van der Waals surface area contributed by atoms with Crippen LogP contribution in [0.1, 0.15) is 11.1 Å². The van der Waals surface area contributed by atoms with Crippen LogP contribution in [0.4, 0.5) is 11.5 Å². The van der Waals surface area contributed by atoms with Gasteiger partial charge in [0.05, 0.1) is 24.9 Å². The lowest BCUT2D eigenvalue weighted by molar-refractivity contribution is -0.115. The maximum atomic E-state index is 12.0. The molecule has 3 rings (SSSR count). The van der Waals surface area contributed by atoms with Crippen LogP contribution in [-0.4, -0.2) is 17.5 Å². The van der Waals surface area contributed by atoms with E-state index in [0.29, 0.717) is 17.9 Å². The fraction of sp³-hybridized carbons (Fsp3) is 0.200. The number of aromatic nitrogens is 1. The number of nitrogens with one attached hydrogen (secondary N) is 1. The van der Waals surface area contributed by atoms with Crippen molar-refractivity contribution >= 4 is 17.4 Å². The van der Waals surface area contributed by atoms with Gasteiger partial charge in [0, 0.05) is 6.42 Å². The van der Waals surface area contributed by atoms with E-state index in [9.17, 15) is 4.79 Å². The number of hydrogen-bond donors (Lipinski definition) is 2. The third-order valence-electron chi connectivity index (χ3n) is 3.17. The number of nitrogens with two attached hydrogens (primary N) is 1. The molecule has 0 fully saturated rings. The molecule has 0 radical (unpaired) electrons. The quantitative estimate of drug-likeness (QED) is 0.890. The van der Waals surface area contributed by atoms with E-state index in [1.54, 1.807) is 12.1 Å². The molecule has 0 bridgehead atoms. The number of benzene rings is 1. The normalized spacial score (nSPS) is 12.6. The second-order valence-corrected chi connectivity index (χ2v) is 4.74. The zero-order valence-corrected chi connectivity index (χ0v) is 10.9. The van der Waals surface area contributed by atoms with E-state index in [1.165, 1.54) is 11.8 Å². The average Bonchev–Trinajstić information content (AvgIpc) is 2.89. The number of pyridine rings is 1. The van der Waals surface area contributed by atoms with Crippen molar-refractivity contribution in [3.8, 4) is 5.75 Å². The number of nitrogen functional groups attached to an aromatic ring is 1. The van der Waals surface area contributed by atoms with Gasteiger partial charge in [-0.05, 0) is 29.3 Å². The van der Waals surface area contributed by atoms with Crippen LogP contribution < -0.4 is 15.8 Å². The molecule has 5 heteroatoms. The number of carbonyl (C=O) groups excluding carboxylic acids is 1. The maximum Gasteiger partial charge on any atom is 0.229 e. The van der Waals surface area contributed by atoms with Gasteiger partial charge in [0.2, 0.25) is 5.91 Å². The smallest absolute Gasteiger partial charge is 0.229 e. The van der Waals surface area contributed by atoms with E-state index in [4.69, 9.17) is 10.5 Å². The lowest BCUT2D eigenvalue weighted by Crippen LogP contribution is -2.15. The van der Waals surface area contributed by atoms with Gasteiger partial charge in [0.1, 0.15) is 11.6 Å². The topological polar surface area (TPSA) is 77.2 Å². The standard InChI is InChI=1S/C15H15N3O2/c16-12-2-4-14(17-9-12)18-15(19)8-10-1-3-13-11(7-10)5-6-20-13/h1-4,7,9H,5-6,8,16H2,(H,17,18,19). The summed E-state index contributed by atoms with van der Waals surface area (Å²) in [4.78, 5) is 16.0. The van der Waals surface area contributed by atoms with E-state index in [1.807, 2.05) is 18.2 Å².